The SMILES string of the molecule is C.CCCC(=O)N1CCOC(O[C@H]2CC[C@]34C[C@]35CC[C@]3(C)C6CCC([C@H](OC(C)=O)C(C)(C)O)OC6CC3C5CCC4C2(C)C)C1. The van der Waals surface area contributed by atoms with Crippen LogP contribution < -0.4 is 0 Å². The van der Waals surface area contributed by atoms with Crippen LogP contribution in [0.3, 0.4) is 0 Å². The molecule has 7 fully saturated rings. The quantitative estimate of drug-likeness (QED) is 0.297. The molecule has 7 aliphatic rings. The van der Waals surface area contributed by atoms with Crippen LogP contribution in [0.1, 0.15) is 133 Å². The summed E-state index contributed by atoms with van der Waals surface area (Å²) in [4.78, 5) is 26.5. The molecule has 268 valence electrons. The predicted molar refractivity (Wildman–Crippen MR) is 180 cm³/mol. The van der Waals surface area contributed by atoms with Crippen molar-refractivity contribution in [3.8, 4) is 0 Å². The number of hydrogen-bond donors (Lipinski definition) is 1. The Hall–Kier alpha value is -1.22. The second-order valence-electron chi connectivity index (χ2n) is 18.0. The zero-order valence-electron chi connectivity index (χ0n) is 29.6. The third kappa shape index (κ3) is 5.53. The molecule has 2 aliphatic heterocycles. The summed E-state index contributed by atoms with van der Waals surface area (Å²) in [6.45, 7) is 16.2. The normalized spacial score (nSPS) is 45.6. The number of carbonyl (C=O) groups excluding carboxylic acids is 2. The van der Waals surface area contributed by atoms with E-state index in [0.29, 0.717) is 60.1 Å². The molecule has 0 aromatic heterocycles. The molecule has 2 heterocycles. The lowest BCUT2D eigenvalue weighted by Crippen LogP contribution is -2.56. The highest BCUT2D eigenvalue weighted by Crippen LogP contribution is 2.87. The molecule has 0 bridgehead atoms. The molecular formula is C39H65NO7. The summed E-state index contributed by atoms with van der Waals surface area (Å²) in [6, 6.07) is 0. The van der Waals surface area contributed by atoms with Crippen molar-refractivity contribution in [3.63, 3.8) is 0 Å². The molecule has 0 radical (unpaired) electrons. The lowest BCUT2D eigenvalue weighted by molar-refractivity contribution is -0.244. The molecule has 2 saturated heterocycles. The van der Waals surface area contributed by atoms with Gasteiger partial charge < -0.3 is 29.0 Å². The van der Waals surface area contributed by atoms with Crippen molar-refractivity contribution in [1.29, 1.82) is 0 Å². The van der Waals surface area contributed by atoms with Gasteiger partial charge in [-0.3, -0.25) is 9.59 Å². The van der Waals surface area contributed by atoms with Crippen LogP contribution in [0.5, 0.6) is 0 Å². The second-order valence-corrected chi connectivity index (χ2v) is 18.0. The van der Waals surface area contributed by atoms with Crippen molar-refractivity contribution in [2.24, 2.45) is 45.3 Å². The van der Waals surface area contributed by atoms with E-state index in [-0.39, 0.29) is 49.3 Å². The van der Waals surface area contributed by atoms with E-state index in [1.165, 1.54) is 45.4 Å². The number of hydrogen-bond acceptors (Lipinski definition) is 7. The van der Waals surface area contributed by atoms with E-state index in [0.717, 1.165) is 38.0 Å². The molecule has 0 aromatic rings. The zero-order chi connectivity index (χ0) is 32.9. The Labute approximate surface area is 284 Å². The number of amides is 1. The summed E-state index contributed by atoms with van der Waals surface area (Å²) in [6.07, 6.45) is 12.5. The summed E-state index contributed by atoms with van der Waals surface area (Å²) < 4.78 is 25.4. The molecule has 1 N–H and O–H groups in total. The first kappa shape index (κ1) is 35.6. The lowest BCUT2D eigenvalue weighted by atomic mass is 9.46. The van der Waals surface area contributed by atoms with Crippen LogP contribution in [0.15, 0.2) is 0 Å². The number of fused-ring (bicyclic) bond motifs is 4. The predicted octanol–water partition coefficient (Wildman–Crippen LogP) is 6.90. The van der Waals surface area contributed by atoms with Crippen LogP contribution in [0.2, 0.25) is 0 Å². The van der Waals surface area contributed by atoms with Crippen LogP contribution in [-0.4, -0.2) is 77.9 Å². The fraction of sp³-hybridized carbons (Fsp3) is 0.949. The molecule has 2 spiro atoms. The topological polar surface area (TPSA) is 94.5 Å². The first-order valence-electron chi connectivity index (χ1n) is 18.8. The summed E-state index contributed by atoms with van der Waals surface area (Å²) >= 11 is 0. The van der Waals surface area contributed by atoms with Gasteiger partial charge in [0.05, 0.1) is 37.1 Å². The van der Waals surface area contributed by atoms with Gasteiger partial charge in [0.1, 0.15) is 0 Å². The molecular weight excluding hydrogens is 594 g/mol. The minimum Gasteiger partial charge on any atom is -0.457 e. The van der Waals surface area contributed by atoms with Crippen molar-refractivity contribution < 1.29 is 33.6 Å². The summed E-state index contributed by atoms with van der Waals surface area (Å²) in [5, 5.41) is 10.9. The van der Waals surface area contributed by atoms with Gasteiger partial charge in [0.15, 0.2) is 12.4 Å². The van der Waals surface area contributed by atoms with Crippen LogP contribution in [-0.2, 0) is 28.5 Å². The average Bonchev–Trinajstić information content (AvgIpc) is 3.57. The van der Waals surface area contributed by atoms with E-state index in [2.05, 4.69) is 27.7 Å². The Morgan fingerprint density at radius 1 is 1.00 bits per heavy atom. The maximum Gasteiger partial charge on any atom is 0.303 e. The van der Waals surface area contributed by atoms with Gasteiger partial charge in [-0.25, -0.2) is 0 Å². The largest absolute Gasteiger partial charge is 0.457 e. The van der Waals surface area contributed by atoms with Crippen molar-refractivity contribution in [2.75, 3.05) is 19.7 Å². The van der Waals surface area contributed by atoms with E-state index < -0.39 is 11.7 Å². The molecule has 5 aliphatic carbocycles. The van der Waals surface area contributed by atoms with Gasteiger partial charge in [-0.15, -0.1) is 0 Å². The lowest BCUT2D eigenvalue weighted by Gasteiger charge is -2.60. The molecule has 5 saturated carbocycles. The van der Waals surface area contributed by atoms with Gasteiger partial charge in [0.2, 0.25) is 5.91 Å². The van der Waals surface area contributed by atoms with Crippen LogP contribution in [0, 0.1) is 45.3 Å². The number of aliphatic hydroxyl groups is 1. The molecule has 7 rings (SSSR count). The van der Waals surface area contributed by atoms with E-state index in [1.54, 1.807) is 13.8 Å². The van der Waals surface area contributed by atoms with E-state index >= 15 is 0 Å². The first-order valence-corrected chi connectivity index (χ1v) is 18.8. The van der Waals surface area contributed by atoms with Gasteiger partial charge in [-0.2, -0.15) is 0 Å². The Bertz CT molecular complexity index is 1200. The van der Waals surface area contributed by atoms with Gasteiger partial charge in [-0.05, 0) is 130 Å². The first-order chi connectivity index (χ1) is 21.7. The maximum absolute atomic E-state index is 12.6. The zero-order valence-corrected chi connectivity index (χ0v) is 29.6. The molecule has 12 atom stereocenters. The molecule has 47 heavy (non-hydrogen) atoms. The monoisotopic (exact) mass is 659 g/mol. The summed E-state index contributed by atoms with van der Waals surface area (Å²) in [5.74, 6) is 2.48. The Balaban J connectivity index is 0.00000386. The van der Waals surface area contributed by atoms with Crippen molar-refractivity contribution in [3.05, 3.63) is 0 Å². The van der Waals surface area contributed by atoms with Gasteiger partial charge >= 0.3 is 5.97 Å². The van der Waals surface area contributed by atoms with Crippen molar-refractivity contribution in [2.45, 2.75) is 169 Å². The molecule has 0 aromatic carbocycles. The fourth-order valence-corrected chi connectivity index (χ4v) is 13.1. The number of morpholine rings is 1. The minimum atomic E-state index is -1.15. The van der Waals surface area contributed by atoms with E-state index in [1.807, 2.05) is 4.90 Å². The smallest absolute Gasteiger partial charge is 0.303 e. The average molecular weight is 660 g/mol. The van der Waals surface area contributed by atoms with E-state index in [9.17, 15) is 14.7 Å². The van der Waals surface area contributed by atoms with Gasteiger partial charge in [0, 0.05) is 19.9 Å². The molecule has 7 unspecified atom stereocenters. The standard InChI is InChI=1S/C38H61NO7.CH4/c1-8-9-31(41)39-18-19-43-32(21-39)46-30-14-15-38-22-37(38)17-16-36(7)25-10-12-27(33(35(5,6)42)44-23(2)40)45-28(25)20-26(36)24(37)11-13-29(38)34(30,3)4;/h24-30,32-33,42H,8-22H2,1-7H3;1H4/t24?,25?,26?,27?,28?,29?,30-,32?,33-,36+,37-,38+;/m0./s1. The number of rotatable bonds is 7. The third-order valence-corrected chi connectivity index (χ3v) is 15.1. The number of esters is 1. The summed E-state index contributed by atoms with van der Waals surface area (Å²) in [5.41, 5.74) is 0.0903. The van der Waals surface area contributed by atoms with E-state index in [4.69, 9.17) is 18.9 Å². The third-order valence-electron chi connectivity index (χ3n) is 15.1. The Morgan fingerprint density at radius 3 is 2.45 bits per heavy atom. The van der Waals surface area contributed by atoms with Crippen LogP contribution in [0.4, 0.5) is 0 Å². The number of ether oxygens (including phenoxy) is 4. The van der Waals surface area contributed by atoms with Crippen LogP contribution >= 0.6 is 0 Å². The van der Waals surface area contributed by atoms with Gasteiger partial charge in [0.25, 0.3) is 0 Å². The highest BCUT2D eigenvalue weighted by Gasteiger charge is 2.80. The van der Waals surface area contributed by atoms with Gasteiger partial charge in [-0.1, -0.05) is 35.1 Å². The van der Waals surface area contributed by atoms with Crippen molar-refractivity contribution in [1.82, 2.24) is 4.90 Å². The highest BCUT2D eigenvalue weighted by molar-refractivity contribution is 5.76. The minimum absolute atomic E-state index is 0. The fourth-order valence-electron chi connectivity index (χ4n) is 13.1. The summed E-state index contributed by atoms with van der Waals surface area (Å²) in [7, 11) is 0. The second kappa shape index (κ2) is 12.2. The Morgan fingerprint density at radius 2 is 1.74 bits per heavy atom. The molecule has 8 nitrogen and oxygen atoms in total. The highest BCUT2D eigenvalue weighted by atomic mass is 16.7. The Kier molecular flexibility index (Phi) is 9.26. The molecule has 1 amide bonds. The molecule has 8 heteroatoms. The van der Waals surface area contributed by atoms with Crippen molar-refractivity contribution >= 4 is 11.9 Å². The number of carbonyl (C=O) groups is 2. The maximum atomic E-state index is 12.6. The number of nitrogens with zero attached hydrogens (tertiary/aromatic N) is 1. The van der Waals surface area contributed by atoms with Crippen LogP contribution in [0.25, 0.3) is 0 Å².